The molecule has 1 aromatic rings. The van der Waals surface area contributed by atoms with Crippen LogP contribution in [0.15, 0.2) is 18.2 Å². The fourth-order valence-electron chi connectivity index (χ4n) is 3.96. The molecule has 3 amide bonds. The summed E-state index contributed by atoms with van der Waals surface area (Å²) in [7, 11) is 3.16. The second kappa shape index (κ2) is 9.66. The molecule has 1 aromatic carbocycles. The molecule has 0 saturated carbocycles. The van der Waals surface area contributed by atoms with Gasteiger partial charge in [0.25, 0.3) is 0 Å². The van der Waals surface area contributed by atoms with Gasteiger partial charge in [0.05, 0.1) is 19.9 Å². The summed E-state index contributed by atoms with van der Waals surface area (Å²) >= 11 is 0. The molecule has 0 radical (unpaired) electrons. The number of carbonyl (C=O) groups is 2. The van der Waals surface area contributed by atoms with Gasteiger partial charge in [-0.15, -0.1) is 0 Å². The summed E-state index contributed by atoms with van der Waals surface area (Å²) in [5.41, 5.74) is 0.621. The van der Waals surface area contributed by atoms with Crippen molar-refractivity contribution in [3.05, 3.63) is 18.2 Å². The molecule has 2 aliphatic heterocycles. The Balaban J connectivity index is 1.48. The van der Waals surface area contributed by atoms with Gasteiger partial charge in [0, 0.05) is 38.7 Å². The van der Waals surface area contributed by atoms with Crippen molar-refractivity contribution in [1.29, 1.82) is 0 Å². The van der Waals surface area contributed by atoms with Crippen molar-refractivity contribution in [1.82, 2.24) is 9.80 Å². The average molecular weight is 389 g/mol. The van der Waals surface area contributed by atoms with Crippen molar-refractivity contribution in [3.8, 4) is 11.5 Å². The van der Waals surface area contributed by atoms with E-state index in [2.05, 4.69) is 5.32 Å². The van der Waals surface area contributed by atoms with E-state index < -0.39 is 0 Å². The first-order valence-electron chi connectivity index (χ1n) is 10.2. The number of benzene rings is 1. The molecular formula is C21H31N3O4. The van der Waals surface area contributed by atoms with Gasteiger partial charge in [-0.05, 0) is 50.2 Å². The molecular weight excluding hydrogens is 358 g/mol. The third kappa shape index (κ3) is 5.09. The minimum atomic E-state index is -0.135. The van der Waals surface area contributed by atoms with E-state index >= 15 is 0 Å². The number of nitrogens with one attached hydrogen (secondary N) is 1. The van der Waals surface area contributed by atoms with Gasteiger partial charge in [0.15, 0.2) is 0 Å². The van der Waals surface area contributed by atoms with Gasteiger partial charge < -0.3 is 24.6 Å². The Bertz CT molecular complexity index is 680. The van der Waals surface area contributed by atoms with Crippen LogP contribution in [0.5, 0.6) is 11.5 Å². The molecule has 2 heterocycles. The van der Waals surface area contributed by atoms with Gasteiger partial charge in [-0.3, -0.25) is 4.79 Å². The van der Waals surface area contributed by atoms with Crippen LogP contribution in [0.4, 0.5) is 10.5 Å². The molecule has 28 heavy (non-hydrogen) atoms. The smallest absolute Gasteiger partial charge is 0.321 e. The Morgan fingerprint density at radius 3 is 2.36 bits per heavy atom. The molecule has 0 spiro atoms. The number of anilines is 1. The lowest BCUT2D eigenvalue weighted by atomic mass is 9.93. The van der Waals surface area contributed by atoms with Gasteiger partial charge in [0.2, 0.25) is 5.91 Å². The van der Waals surface area contributed by atoms with Crippen LogP contribution < -0.4 is 14.8 Å². The molecule has 0 aliphatic carbocycles. The summed E-state index contributed by atoms with van der Waals surface area (Å²) in [6, 6.07) is 5.17. The van der Waals surface area contributed by atoms with Crippen LogP contribution in [0.25, 0.3) is 0 Å². The molecule has 7 nitrogen and oxygen atoms in total. The zero-order valence-electron chi connectivity index (χ0n) is 16.9. The highest BCUT2D eigenvalue weighted by molar-refractivity contribution is 5.91. The molecule has 3 rings (SSSR count). The number of hydrogen-bond donors (Lipinski definition) is 1. The Hall–Kier alpha value is -2.44. The van der Waals surface area contributed by atoms with Gasteiger partial charge in [-0.25, -0.2) is 4.79 Å². The van der Waals surface area contributed by atoms with Crippen LogP contribution >= 0.6 is 0 Å². The van der Waals surface area contributed by atoms with Crippen LogP contribution in [-0.4, -0.2) is 62.1 Å². The number of hydrogen-bond acceptors (Lipinski definition) is 4. The predicted octanol–water partition coefficient (Wildman–Crippen LogP) is 3.35. The van der Waals surface area contributed by atoms with Crippen LogP contribution in [0.1, 0.15) is 38.5 Å². The quantitative estimate of drug-likeness (QED) is 0.838. The summed E-state index contributed by atoms with van der Waals surface area (Å²) in [6.07, 6.45) is 5.83. The minimum Gasteiger partial charge on any atom is -0.497 e. The van der Waals surface area contributed by atoms with Crippen molar-refractivity contribution < 1.29 is 19.1 Å². The summed E-state index contributed by atoms with van der Waals surface area (Å²) in [4.78, 5) is 28.9. The first-order valence-corrected chi connectivity index (χ1v) is 10.2. The lowest BCUT2D eigenvalue weighted by molar-refractivity contribution is -0.133. The van der Waals surface area contributed by atoms with Crippen molar-refractivity contribution >= 4 is 17.6 Å². The number of likely N-dealkylation sites (tertiary alicyclic amines) is 2. The number of piperidine rings is 2. The number of ether oxygens (including phenoxy) is 2. The van der Waals surface area contributed by atoms with Crippen LogP contribution in [-0.2, 0) is 4.79 Å². The zero-order chi connectivity index (χ0) is 19.9. The molecule has 0 aromatic heterocycles. The van der Waals surface area contributed by atoms with Gasteiger partial charge in [-0.1, -0.05) is 0 Å². The van der Waals surface area contributed by atoms with Crippen LogP contribution in [0, 0.1) is 5.92 Å². The summed E-state index contributed by atoms with van der Waals surface area (Å²) in [5.74, 6) is 1.89. The van der Waals surface area contributed by atoms with E-state index in [-0.39, 0.29) is 11.9 Å². The molecule has 7 heteroatoms. The highest BCUT2D eigenvalue weighted by Gasteiger charge is 2.27. The van der Waals surface area contributed by atoms with Gasteiger partial charge >= 0.3 is 6.03 Å². The number of rotatable bonds is 5. The minimum absolute atomic E-state index is 0.135. The predicted molar refractivity (Wildman–Crippen MR) is 108 cm³/mol. The third-order valence-electron chi connectivity index (χ3n) is 5.72. The summed E-state index contributed by atoms with van der Waals surface area (Å²) < 4.78 is 10.5. The Kier molecular flexibility index (Phi) is 7.01. The molecule has 0 atom stereocenters. The summed E-state index contributed by atoms with van der Waals surface area (Å²) in [5, 5.41) is 2.92. The van der Waals surface area contributed by atoms with Gasteiger partial charge in [0.1, 0.15) is 11.5 Å². The molecule has 0 bridgehead atoms. The largest absolute Gasteiger partial charge is 0.497 e. The molecule has 2 saturated heterocycles. The standard InChI is InChI=1S/C21H31N3O4/c1-27-17-6-7-18(19(15-17)28-2)22-21(26)24-12-8-16(9-13-24)14-20(25)23-10-4-3-5-11-23/h6-7,15-16H,3-5,8-14H2,1-2H3,(H,22,26). The van der Waals surface area contributed by atoms with Crippen LogP contribution in [0.3, 0.4) is 0 Å². The van der Waals surface area contributed by atoms with Crippen molar-refractivity contribution in [2.45, 2.75) is 38.5 Å². The van der Waals surface area contributed by atoms with E-state index in [1.165, 1.54) is 6.42 Å². The first kappa shape index (κ1) is 20.3. The molecule has 154 valence electrons. The number of urea groups is 1. The fraction of sp³-hybridized carbons (Fsp3) is 0.619. The second-order valence-corrected chi connectivity index (χ2v) is 7.57. The molecule has 2 fully saturated rings. The molecule has 0 unspecified atom stereocenters. The fourth-order valence-corrected chi connectivity index (χ4v) is 3.96. The number of methoxy groups -OCH3 is 2. The normalized spacial score (nSPS) is 17.9. The number of amides is 3. The SMILES string of the molecule is COc1ccc(NC(=O)N2CCC(CC(=O)N3CCCCC3)CC2)c(OC)c1. The zero-order valence-corrected chi connectivity index (χ0v) is 16.9. The summed E-state index contributed by atoms with van der Waals surface area (Å²) in [6.45, 7) is 3.15. The van der Waals surface area contributed by atoms with E-state index in [1.807, 2.05) is 9.80 Å². The topological polar surface area (TPSA) is 71.1 Å². The highest BCUT2D eigenvalue weighted by atomic mass is 16.5. The van der Waals surface area contributed by atoms with E-state index in [0.717, 1.165) is 38.8 Å². The van der Waals surface area contributed by atoms with Crippen LogP contribution in [0.2, 0.25) is 0 Å². The van der Waals surface area contributed by atoms with Crippen molar-refractivity contribution in [2.75, 3.05) is 45.7 Å². The molecule has 2 aliphatic rings. The Morgan fingerprint density at radius 1 is 1.00 bits per heavy atom. The lowest BCUT2D eigenvalue weighted by Gasteiger charge is -2.33. The number of nitrogens with zero attached hydrogens (tertiary/aromatic N) is 2. The maximum atomic E-state index is 12.6. The Morgan fingerprint density at radius 2 is 1.71 bits per heavy atom. The van der Waals surface area contributed by atoms with E-state index in [9.17, 15) is 9.59 Å². The maximum Gasteiger partial charge on any atom is 0.321 e. The van der Waals surface area contributed by atoms with E-state index in [4.69, 9.17) is 9.47 Å². The highest BCUT2D eigenvalue weighted by Crippen LogP contribution is 2.30. The Labute approximate surface area is 167 Å². The van der Waals surface area contributed by atoms with Crippen molar-refractivity contribution in [2.24, 2.45) is 5.92 Å². The third-order valence-corrected chi connectivity index (χ3v) is 5.72. The average Bonchev–Trinajstić information content (AvgIpc) is 2.75. The first-order chi connectivity index (χ1) is 13.6. The molecule has 1 N–H and O–H groups in total. The second-order valence-electron chi connectivity index (χ2n) is 7.57. The monoisotopic (exact) mass is 389 g/mol. The van der Waals surface area contributed by atoms with Gasteiger partial charge in [-0.2, -0.15) is 0 Å². The van der Waals surface area contributed by atoms with E-state index in [1.54, 1.807) is 32.4 Å². The number of carbonyl (C=O) groups excluding carboxylic acids is 2. The van der Waals surface area contributed by atoms with E-state index in [0.29, 0.717) is 42.6 Å². The lowest BCUT2D eigenvalue weighted by Crippen LogP contribution is -2.42. The van der Waals surface area contributed by atoms with Crippen molar-refractivity contribution in [3.63, 3.8) is 0 Å². The maximum absolute atomic E-state index is 12.6.